The maximum Gasteiger partial charge on any atom is 0.285 e. The average Bonchev–Trinajstić information content (AvgIpc) is 2.66. The number of nitrogens with zero attached hydrogens (tertiary/aromatic N) is 1. The van der Waals surface area contributed by atoms with Crippen LogP contribution >= 0.6 is 0 Å². The highest BCUT2D eigenvalue weighted by molar-refractivity contribution is 5.76. The van der Waals surface area contributed by atoms with Gasteiger partial charge >= 0.3 is 0 Å². The minimum absolute atomic E-state index is 0.229. The van der Waals surface area contributed by atoms with Crippen LogP contribution < -0.4 is 5.32 Å². The smallest absolute Gasteiger partial charge is 0.285 e. The number of halogens is 1. The molecule has 0 radical (unpaired) electrons. The molecule has 1 saturated heterocycles. The van der Waals surface area contributed by atoms with E-state index >= 15 is 0 Å². The van der Waals surface area contributed by atoms with Gasteiger partial charge in [0.05, 0.1) is 6.10 Å². The highest BCUT2D eigenvalue weighted by Gasteiger charge is 2.49. The third-order valence-corrected chi connectivity index (χ3v) is 3.08. The average molecular weight is 218 g/mol. The van der Waals surface area contributed by atoms with Gasteiger partial charge in [0.1, 0.15) is 18.3 Å². The van der Waals surface area contributed by atoms with Crippen LogP contribution in [0.4, 0.5) is 4.39 Å². The van der Waals surface area contributed by atoms with Crippen molar-refractivity contribution >= 4 is 6.02 Å². The number of alkyl halides is 1. The van der Waals surface area contributed by atoms with Gasteiger partial charge < -0.3 is 20.3 Å². The van der Waals surface area contributed by atoms with E-state index in [-0.39, 0.29) is 12.7 Å². The zero-order chi connectivity index (χ0) is 11.0. The van der Waals surface area contributed by atoms with E-state index in [1.165, 1.54) is 0 Å². The first kappa shape index (κ1) is 10.6. The predicted molar refractivity (Wildman–Crippen MR) is 51.3 cm³/mol. The minimum atomic E-state index is -1.43. The number of rotatable bonds is 1. The van der Waals surface area contributed by atoms with Crippen LogP contribution in [0.2, 0.25) is 0 Å². The lowest BCUT2D eigenvalue weighted by atomic mass is 9.81. The topological polar surface area (TPSA) is 74.1 Å². The lowest BCUT2D eigenvalue weighted by Gasteiger charge is -2.35. The van der Waals surface area contributed by atoms with Gasteiger partial charge in [0.15, 0.2) is 0 Å². The van der Waals surface area contributed by atoms with Crippen molar-refractivity contribution in [2.45, 2.75) is 30.8 Å². The summed E-state index contributed by atoms with van der Waals surface area (Å²) in [4.78, 5) is 3.79. The van der Waals surface area contributed by atoms with Crippen LogP contribution in [-0.2, 0) is 4.74 Å². The van der Waals surface area contributed by atoms with Crippen LogP contribution in [0.25, 0.3) is 0 Å². The number of fused-ring (bicyclic) bond motifs is 1. The summed E-state index contributed by atoms with van der Waals surface area (Å²) in [6.45, 7) is -0.229. The van der Waals surface area contributed by atoms with Crippen LogP contribution in [-0.4, -0.2) is 54.3 Å². The summed E-state index contributed by atoms with van der Waals surface area (Å²) in [5, 5.41) is 21.3. The maximum absolute atomic E-state index is 13.7. The highest BCUT2D eigenvalue weighted by Crippen LogP contribution is 2.32. The van der Waals surface area contributed by atoms with Gasteiger partial charge in [-0.3, -0.25) is 0 Å². The van der Waals surface area contributed by atoms with Crippen LogP contribution in [0.3, 0.4) is 0 Å². The zero-order valence-electron chi connectivity index (χ0n) is 8.43. The Kier molecular flexibility index (Phi) is 2.79. The molecule has 0 bridgehead atoms. The first-order valence-corrected chi connectivity index (χ1v) is 5.00. The lowest BCUT2D eigenvalue weighted by molar-refractivity contribution is -0.0626. The normalized spacial score (nSPS) is 47.2. The fraction of sp³-hybridized carbons (Fsp3) is 0.889. The molecular formula is C9H15FN2O3. The van der Waals surface area contributed by atoms with Gasteiger partial charge in [-0.1, -0.05) is 0 Å². The molecule has 0 amide bonds. The van der Waals surface area contributed by atoms with Gasteiger partial charge in [0, 0.05) is 19.6 Å². The molecule has 1 aliphatic heterocycles. The molecule has 1 heterocycles. The molecule has 86 valence electrons. The van der Waals surface area contributed by atoms with Crippen LogP contribution in [0.1, 0.15) is 6.42 Å². The van der Waals surface area contributed by atoms with Crippen molar-refractivity contribution < 1.29 is 19.3 Å². The Morgan fingerprint density at radius 1 is 1.67 bits per heavy atom. The van der Waals surface area contributed by atoms with Crippen molar-refractivity contribution in [3.05, 3.63) is 0 Å². The second-order valence-corrected chi connectivity index (χ2v) is 3.97. The van der Waals surface area contributed by atoms with Gasteiger partial charge in [-0.15, -0.1) is 0 Å². The molecule has 0 aromatic rings. The second-order valence-electron chi connectivity index (χ2n) is 3.97. The van der Waals surface area contributed by atoms with E-state index in [4.69, 9.17) is 9.84 Å². The first-order chi connectivity index (χ1) is 7.17. The fourth-order valence-corrected chi connectivity index (χ4v) is 2.18. The molecule has 0 spiro atoms. The summed E-state index contributed by atoms with van der Waals surface area (Å²) >= 11 is 0. The van der Waals surface area contributed by atoms with Crippen molar-refractivity contribution in [2.75, 3.05) is 13.7 Å². The molecule has 2 unspecified atom stereocenters. The Hall–Kier alpha value is -0.880. The van der Waals surface area contributed by atoms with Crippen molar-refractivity contribution in [3.8, 4) is 0 Å². The Morgan fingerprint density at radius 2 is 2.40 bits per heavy atom. The largest absolute Gasteiger partial charge is 0.460 e. The first-order valence-electron chi connectivity index (χ1n) is 5.00. The standard InChI is InChI=1S/C9H15FN2O3/c1-11-9-12-7-5(15-9)2-4(3-13)8(14)6(7)10/h4-8,13-14H,2-3H2,1H3,(H,11,12)/t4-,5+,6?,7?,8+/m1/s1. The Morgan fingerprint density at radius 3 is 3.00 bits per heavy atom. The minimum Gasteiger partial charge on any atom is -0.460 e. The van der Waals surface area contributed by atoms with E-state index in [2.05, 4.69) is 10.3 Å². The molecule has 0 aromatic carbocycles. The molecule has 3 N–H and O–H groups in total. The van der Waals surface area contributed by atoms with Crippen LogP contribution in [0.15, 0.2) is 4.99 Å². The molecule has 1 saturated carbocycles. The molecule has 2 fully saturated rings. The van der Waals surface area contributed by atoms with E-state index in [1.807, 2.05) is 0 Å². The number of aliphatic hydroxyl groups excluding tert-OH is 2. The van der Waals surface area contributed by atoms with Crippen molar-refractivity contribution in [1.82, 2.24) is 5.32 Å². The van der Waals surface area contributed by atoms with E-state index in [1.54, 1.807) is 7.05 Å². The molecule has 2 aliphatic rings. The monoisotopic (exact) mass is 218 g/mol. The highest BCUT2D eigenvalue weighted by atomic mass is 19.1. The second kappa shape index (κ2) is 3.94. The molecule has 5 nitrogen and oxygen atoms in total. The molecule has 0 aromatic heterocycles. The van der Waals surface area contributed by atoms with Gasteiger partial charge in [0.2, 0.25) is 0 Å². The summed E-state index contributed by atoms with van der Waals surface area (Å²) < 4.78 is 19.1. The van der Waals surface area contributed by atoms with Crippen molar-refractivity contribution in [3.63, 3.8) is 0 Å². The molecule has 15 heavy (non-hydrogen) atoms. The van der Waals surface area contributed by atoms with E-state index in [9.17, 15) is 9.50 Å². The van der Waals surface area contributed by atoms with Crippen LogP contribution in [0.5, 0.6) is 0 Å². The van der Waals surface area contributed by atoms with E-state index in [0.29, 0.717) is 12.4 Å². The third-order valence-electron chi connectivity index (χ3n) is 3.08. The summed E-state index contributed by atoms with van der Waals surface area (Å²) in [5.74, 6) is -0.459. The van der Waals surface area contributed by atoms with E-state index in [0.717, 1.165) is 0 Å². The summed E-state index contributed by atoms with van der Waals surface area (Å²) in [5.41, 5.74) is 0. The summed E-state index contributed by atoms with van der Waals surface area (Å²) in [6, 6.07) is -0.250. The quantitative estimate of drug-likeness (QED) is 0.530. The molecule has 2 rings (SSSR count). The number of aliphatic imine (C=N–C) groups is 1. The lowest BCUT2D eigenvalue weighted by Crippen LogP contribution is -2.54. The Balaban J connectivity index is 2.13. The number of hydrogen-bond donors (Lipinski definition) is 3. The van der Waals surface area contributed by atoms with Gasteiger partial charge in [-0.25, -0.2) is 9.38 Å². The number of nitrogens with one attached hydrogen (secondary N) is 1. The van der Waals surface area contributed by atoms with E-state index < -0.39 is 24.2 Å². The molecule has 5 atom stereocenters. The number of amidine groups is 1. The Bertz CT molecular complexity index is 274. The number of aliphatic hydroxyl groups is 2. The van der Waals surface area contributed by atoms with Gasteiger partial charge in [-0.05, 0) is 6.42 Å². The van der Waals surface area contributed by atoms with Gasteiger partial charge in [0.25, 0.3) is 6.02 Å². The SMILES string of the molecule is CN=C1NC2C(F)[C@@H](O)[C@@H](CO)C[C@@H]2O1. The molecule has 6 heteroatoms. The fourth-order valence-electron chi connectivity index (χ4n) is 2.18. The molecule has 1 aliphatic carbocycles. The Labute approximate surface area is 87.0 Å². The third kappa shape index (κ3) is 1.68. The zero-order valence-corrected chi connectivity index (χ0v) is 8.43. The maximum atomic E-state index is 13.7. The summed E-state index contributed by atoms with van der Waals surface area (Å²) in [6.07, 6.45) is -2.47. The number of hydrogen-bond acceptors (Lipinski definition) is 4. The van der Waals surface area contributed by atoms with Crippen molar-refractivity contribution in [2.24, 2.45) is 10.9 Å². The number of ether oxygens (including phenoxy) is 1. The molecular weight excluding hydrogens is 203 g/mol. The van der Waals surface area contributed by atoms with Crippen LogP contribution in [0, 0.1) is 5.92 Å². The predicted octanol–water partition coefficient (Wildman–Crippen LogP) is -0.960. The summed E-state index contributed by atoms with van der Waals surface area (Å²) in [7, 11) is 1.55. The van der Waals surface area contributed by atoms with Gasteiger partial charge in [-0.2, -0.15) is 0 Å². The van der Waals surface area contributed by atoms with Crippen molar-refractivity contribution in [1.29, 1.82) is 0 Å².